The van der Waals surface area contributed by atoms with Crippen LogP contribution in [0.15, 0.2) is 39.5 Å². The summed E-state index contributed by atoms with van der Waals surface area (Å²) in [6.45, 7) is 7.11. The Bertz CT molecular complexity index is 1040. The number of piperazine rings is 1. The van der Waals surface area contributed by atoms with Crippen LogP contribution in [0.4, 0.5) is 5.69 Å². The normalized spacial score (nSPS) is 15.2. The summed E-state index contributed by atoms with van der Waals surface area (Å²) in [5.41, 5.74) is 3.54. The van der Waals surface area contributed by atoms with Crippen LogP contribution in [0.5, 0.6) is 0 Å². The van der Waals surface area contributed by atoms with Crippen LogP contribution in [0.1, 0.15) is 5.69 Å². The van der Waals surface area contributed by atoms with E-state index >= 15 is 0 Å². The maximum atomic E-state index is 12.8. The van der Waals surface area contributed by atoms with Crippen molar-refractivity contribution in [1.29, 1.82) is 0 Å². The van der Waals surface area contributed by atoms with Crippen molar-refractivity contribution in [2.45, 2.75) is 22.0 Å². The molecule has 0 radical (unpaired) electrons. The number of carbonyl (C=O) groups excluding carboxylic acids is 1. The summed E-state index contributed by atoms with van der Waals surface area (Å²) >= 11 is 4.92. The van der Waals surface area contributed by atoms with Crippen LogP contribution in [-0.2, 0) is 4.79 Å². The van der Waals surface area contributed by atoms with E-state index in [1.165, 1.54) is 0 Å². The molecule has 176 valence electrons. The van der Waals surface area contributed by atoms with E-state index in [1.54, 1.807) is 41.5 Å². The number of H-pyrrole nitrogens is 1. The number of rotatable bonds is 9. The quantitative estimate of drug-likeness (QED) is 0.426. The van der Waals surface area contributed by atoms with E-state index < -0.39 is 0 Å². The third-order valence-corrected chi connectivity index (χ3v) is 7.77. The summed E-state index contributed by atoms with van der Waals surface area (Å²) in [5.74, 6) is 0.990. The highest BCUT2D eigenvalue weighted by Crippen LogP contribution is 2.33. The number of aromatic nitrogens is 4. The van der Waals surface area contributed by atoms with Crippen molar-refractivity contribution in [2.24, 2.45) is 0 Å². The first-order chi connectivity index (χ1) is 16.1. The molecule has 4 heterocycles. The van der Waals surface area contributed by atoms with Crippen molar-refractivity contribution in [3.63, 3.8) is 0 Å². The minimum Gasteiger partial charge on any atom is -0.332 e. The summed E-state index contributed by atoms with van der Waals surface area (Å²) in [4.78, 5) is 35.2. The maximum Gasteiger partial charge on any atom is 0.238 e. The number of thioether (sulfide) groups is 3. The van der Waals surface area contributed by atoms with E-state index in [0.29, 0.717) is 6.54 Å². The predicted octanol–water partition coefficient (Wildman–Crippen LogP) is 3.45. The average Bonchev–Trinajstić information content (AvgIpc) is 3.23. The van der Waals surface area contributed by atoms with Crippen LogP contribution in [0.2, 0.25) is 0 Å². The van der Waals surface area contributed by atoms with Crippen molar-refractivity contribution >= 4 is 58.0 Å². The molecule has 8 nitrogen and oxygen atoms in total. The number of nitrogens with zero attached hydrogens (tertiary/aromatic N) is 5. The highest BCUT2D eigenvalue weighted by molar-refractivity contribution is 7.99. The molecule has 1 saturated heterocycles. The monoisotopic (exact) mass is 503 g/mol. The molecular weight excluding hydrogens is 474 g/mol. The van der Waals surface area contributed by atoms with Gasteiger partial charge >= 0.3 is 0 Å². The fourth-order valence-corrected chi connectivity index (χ4v) is 5.94. The number of aromatic amines is 1. The number of aryl methyl sites for hydroxylation is 1. The van der Waals surface area contributed by atoms with Gasteiger partial charge in [-0.15, -0.1) is 23.5 Å². The molecule has 3 aromatic heterocycles. The number of amides is 1. The molecule has 0 atom stereocenters. The lowest BCUT2D eigenvalue weighted by molar-refractivity contribution is -0.117. The van der Waals surface area contributed by atoms with E-state index in [0.717, 1.165) is 76.1 Å². The van der Waals surface area contributed by atoms with Crippen LogP contribution in [0.25, 0.3) is 11.2 Å². The summed E-state index contributed by atoms with van der Waals surface area (Å²) in [6.07, 6.45) is 5.78. The number of carbonyl (C=O) groups is 1. The van der Waals surface area contributed by atoms with E-state index in [1.807, 2.05) is 37.6 Å². The van der Waals surface area contributed by atoms with Crippen LogP contribution in [-0.4, -0.2) is 93.2 Å². The minimum absolute atomic E-state index is 0.0220. The zero-order chi connectivity index (χ0) is 23.2. The standard InChI is InChI=1S/C22H29N7OS3/c1-15-13-17(31-2)19(21(24-15)32-3)26-18(30)14-29-9-7-28(8-10-29)11-12-33-22-25-16-5-4-6-23-20(16)27-22/h4-6,13H,7-12,14H2,1-3H3,(H,26,30)(H,23,25,27). The van der Waals surface area contributed by atoms with Crippen molar-refractivity contribution in [1.82, 2.24) is 29.7 Å². The fraction of sp³-hybridized carbons (Fsp3) is 0.455. The van der Waals surface area contributed by atoms with Crippen molar-refractivity contribution in [3.05, 3.63) is 30.1 Å². The topological polar surface area (TPSA) is 90.0 Å². The number of anilines is 1. The zero-order valence-electron chi connectivity index (χ0n) is 19.1. The molecule has 4 rings (SSSR count). The summed E-state index contributed by atoms with van der Waals surface area (Å²) in [5, 5.41) is 4.90. The molecule has 1 fully saturated rings. The lowest BCUT2D eigenvalue weighted by Crippen LogP contribution is -2.49. The number of nitrogens with one attached hydrogen (secondary N) is 2. The smallest absolute Gasteiger partial charge is 0.238 e. The Labute approximate surface area is 207 Å². The van der Waals surface area contributed by atoms with Crippen LogP contribution < -0.4 is 5.32 Å². The van der Waals surface area contributed by atoms with Gasteiger partial charge in [-0.1, -0.05) is 11.8 Å². The Hall–Kier alpha value is -1.79. The fourth-order valence-electron chi connectivity index (χ4n) is 3.76. The second-order valence-corrected chi connectivity index (χ2v) is 10.5. The van der Waals surface area contributed by atoms with Crippen LogP contribution in [0.3, 0.4) is 0 Å². The molecule has 3 aromatic rings. The molecule has 1 amide bonds. The van der Waals surface area contributed by atoms with Crippen molar-refractivity contribution in [3.8, 4) is 0 Å². The lowest BCUT2D eigenvalue weighted by atomic mass is 10.3. The second kappa shape index (κ2) is 11.6. The number of fused-ring (bicyclic) bond motifs is 1. The largest absolute Gasteiger partial charge is 0.332 e. The molecule has 0 spiro atoms. The number of pyridine rings is 2. The molecule has 0 aliphatic carbocycles. The molecule has 33 heavy (non-hydrogen) atoms. The van der Waals surface area contributed by atoms with E-state index in [9.17, 15) is 4.79 Å². The molecule has 0 aromatic carbocycles. The highest BCUT2D eigenvalue weighted by atomic mass is 32.2. The van der Waals surface area contributed by atoms with Gasteiger partial charge in [-0.2, -0.15) is 0 Å². The summed E-state index contributed by atoms with van der Waals surface area (Å²) in [7, 11) is 0. The van der Waals surface area contributed by atoms with Gasteiger partial charge < -0.3 is 10.3 Å². The average molecular weight is 504 g/mol. The molecule has 0 unspecified atom stereocenters. The number of hydrogen-bond acceptors (Lipinski definition) is 9. The van der Waals surface area contributed by atoms with Gasteiger partial charge in [0.2, 0.25) is 5.91 Å². The van der Waals surface area contributed by atoms with Crippen molar-refractivity contribution < 1.29 is 4.79 Å². The summed E-state index contributed by atoms with van der Waals surface area (Å²) in [6, 6.07) is 5.93. The van der Waals surface area contributed by atoms with Gasteiger partial charge in [-0.05, 0) is 37.6 Å². The lowest BCUT2D eigenvalue weighted by Gasteiger charge is -2.34. The Morgan fingerprint density at radius 1 is 1.15 bits per heavy atom. The molecule has 1 aliphatic rings. The SMILES string of the molecule is CSc1cc(C)nc(SC)c1NC(=O)CN1CCN(CCSc2nc3ncccc3[nH]2)CC1. The predicted molar refractivity (Wildman–Crippen MR) is 139 cm³/mol. The highest BCUT2D eigenvalue weighted by Gasteiger charge is 2.20. The first kappa shape index (κ1) is 24.3. The number of hydrogen-bond donors (Lipinski definition) is 2. The third kappa shape index (κ3) is 6.42. The Balaban J connectivity index is 1.21. The van der Waals surface area contributed by atoms with Gasteiger partial charge in [0.05, 0.1) is 17.7 Å². The Kier molecular flexibility index (Phi) is 8.53. The molecule has 11 heteroatoms. The molecule has 0 saturated carbocycles. The molecular formula is C22H29N7OS3. The van der Waals surface area contributed by atoms with Gasteiger partial charge in [0.15, 0.2) is 10.8 Å². The number of imidazole rings is 1. The van der Waals surface area contributed by atoms with Gasteiger partial charge in [0.25, 0.3) is 0 Å². The van der Waals surface area contributed by atoms with E-state index in [-0.39, 0.29) is 5.91 Å². The zero-order valence-corrected chi connectivity index (χ0v) is 21.6. The minimum atomic E-state index is 0.0220. The molecule has 0 bridgehead atoms. The van der Waals surface area contributed by atoms with E-state index in [2.05, 4.69) is 35.1 Å². The van der Waals surface area contributed by atoms with Crippen LogP contribution in [0, 0.1) is 6.92 Å². The van der Waals surface area contributed by atoms with Gasteiger partial charge in [0.1, 0.15) is 5.03 Å². The first-order valence-corrected chi connectivity index (χ1v) is 14.3. The second-order valence-electron chi connectivity index (χ2n) is 7.78. The third-order valence-electron chi connectivity index (χ3n) is 5.47. The molecule has 1 aliphatic heterocycles. The van der Waals surface area contributed by atoms with Crippen molar-refractivity contribution in [2.75, 3.05) is 62.8 Å². The van der Waals surface area contributed by atoms with Gasteiger partial charge in [-0.3, -0.25) is 14.6 Å². The molecule has 2 N–H and O–H groups in total. The summed E-state index contributed by atoms with van der Waals surface area (Å²) < 4.78 is 0. The Morgan fingerprint density at radius 3 is 2.67 bits per heavy atom. The van der Waals surface area contributed by atoms with Gasteiger partial charge in [-0.25, -0.2) is 15.0 Å². The van der Waals surface area contributed by atoms with E-state index in [4.69, 9.17) is 0 Å². The van der Waals surface area contributed by atoms with Gasteiger partial charge in [0, 0.05) is 55.3 Å². The maximum absolute atomic E-state index is 12.8. The Morgan fingerprint density at radius 2 is 1.94 bits per heavy atom. The first-order valence-electron chi connectivity index (χ1n) is 10.8. The van der Waals surface area contributed by atoms with Crippen LogP contribution >= 0.6 is 35.3 Å².